The Kier molecular flexibility index (Phi) is 3.64. The van der Waals surface area contributed by atoms with Crippen LogP contribution in [0.15, 0.2) is 37.4 Å². The fourth-order valence-electron chi connectivity index (χ4n) is 2.07. The van der Waals surface area contributed by atoms with Gasteiger partial charge in [-0.2, -0.15) is 0 Å². The molecule has 0 radical (unpaired) electrons. The zero-order valence-electron chi connectivity index (χ0n) is 9.04. The van der Waals surface area contributed by atoms with Crippen LogP contribution in [-0.2, 0) is 5.41 Å². The Bertz CT molecular complexity index is 312. The summed E-state index contributed by atoms with van der Waals surface area (Å²) in [6.45, 7) is 8.10. The summed E-state index contributed by atoms with van der Waals surface area (Å²) in [6.07, 6.45) is 1.41. The Balaban J connectivity index is 0.000000531. The molecule has 0 unspecified atom stereocenters. The molecule has 1 aliphatic carbocycles. The van der Waals surface area contributed by atoms with Gasteiger partial charge in [-0.05, 0) is 36.0 Å². The average molecular weight is 208 g/mol. The van der Waals surface area contributed by atoms with E-state index in [0.29, 0.717) is 0 Å². The second-order valence-electron chi connectivity index (χ2n) is 4.13. The van der Waals surface area contributed by atoms with Gasteiger partial charge in [-0.25, -0.2) is 4.39 Å². The first kappa shape index (κ1) is 11.9. The minimum absolute atomic E-state index is 0.0626. The maximum atomic E-state index is 12.6. The van der Waals surface area contributed by atoms with Crippen LogP contribution in [0, 0.1) is 5.82 Å². The van der Waals surface area contributed by atoms with E-state index in [9.17, 15) is 9.50 Å². The van der Waals surface area contributed by atoms with Crippen LogP contribution in [-0.4, -0.2) is 11.2 Å². The van der Waals surface area contributed by atoms with Crippen LogP contribution < -0.4 is 0 Å². The van der Waals surface area contributed by atoms with Crippen LogP contribution in [0.2, 0.25) is 0 Å². The molecule has 1 aliphatic rings. The largest absolute Gasteiger partial charge is 0.393 e. The number of aliphatic hydroxyl groups is 1. The van der Waals surface area contributed by atoms with Crippen molar-refractivity contribution in [3.8, 4) is 0 Å². The summed E-state index contributed by atoms with van der Waals surface area (Å²) in [4.78, 5) is 0. The highest BCUT2D eigenvalue weighted by Crippen LogP contribution is 2.43. The van der Waals surface area contributed by atoms with Gasteiger partial charge in [0, 0.05) is 0 Å². The molecule has 1 fully saturated rings. The van der Waals surface area contributed by atoms with Gasteiger partial charge in [0.25, 0.3) is 0 Å². The Labute approximate surface area is 90.3 Å². The molecular formula is C13H17FO. The van der Waals surface area contributed by atoms with Gasteiger partial charge < -0.3 is 5.11 Å². The lowest BCUT2D eigenvalue weighted by Crippen LogP contribution is -2.41. The molecule has 1 nitrogen and oxygen atoms in total. The molecule has 0 amide bonds. The third-order valence-corrected chi connectivity index (χ3v) is 2.91. The molecule has 0 saturated heterocycles. The molecule has 1 saturated carbocycles. The monoisotopic (exact) mass is 208 g/mol. The van der Waals surface area contributed by atoms with Crippen LogP contribution in [0.1, 0.15) is 25.3 Å². The summed E-state index contributed by atoms with van der Waals surface area (Å²) in [5.41, 5.74) is 1.19. The Hall–Kier alpha value is -1.15. The molecule has 15 heavy (non-hydrogen) atoms. The quantitative estimate of drug-likeness (QED) is 0.703. The van der Waals surface area contributed by atoms with Crippen molar-refractivity contribution in [3.63, 3.8) is 0 Å². The highest BCUT2D eigenvalue weighted by atomic mass is 19.1. The Morgan fingerprint density at radius 3 is 2.13 bits per heavy atom. The maximum Gasteiger partial charge on any atom is 0.123 e. The van der Waals surface area contributed by atoms with E-state index in [2.05, 4.69) is 20.1 Å². The van der Waals surface area contributed by atoms with Crippen molar-refractivity contribution in [2.75, 3.05) is 0 Å². The molecule has 0 aromatic heterocycles. The summed E-state index contributed by atoms with van der Waals surface area (Å²) in [5, 5.41) is 9.23. The minimum atomic E-state index is -0.202. The maximum absolute atomic E-state index is 12.6. The van der Waals surface area contributed by atoms with Gasteiger partial charge in [-0.3, -0.25) is 0 Å². The van der Waals surface area contributed by atoms with Crippen molar-refractivity contribution >= 4 is 0 Å². The lowest BCUT2D eigenvalue weighted by Gasteiger charge is -2.43. The molecule has 0 heterocycles. The van der Waals surface area contributed by atoms with Crippen LogP contribution in [0.5, 0.6) is 0 Å². The van der Waals surface area contributed by atoms with Gasteiger partial charge in [-0.1, -0.05) is 19.1 Å². The topological polar surface area (TPSA) is 20.2 Å². The molecule has 2 rings (SSSR count). The van der Waals surface area contributed by atoms with E-state index in [1.54, 1.807) is 12.1 Å². The number of benzene rings is 1. The van der Waals surface area contributed by atoms with Crippen LogP contribution >= 0.6 is 0 Å². The summed E-state index contributed by atoms with van der Waals surface area (Å²) in [5.74, 6) is -0.202. The number of hydrogen-bond acceptors (Lipinski definition) is 1. The van der Waals surface area contributed by atoms with Crippen molar-refractivity contribution in [2.45, 2.75) is 31.3 Å². The lowest BCUT2D eigenvalue weighted by molar-refractivity contribution is 0.0272. The van der Waals surface area contributed by atoms with Crippen LogP contribution in [0.4, 0.5) is 4.39 Å². The smallest absolute Gasteiger partial charge is 0.123 e. The molecule has 0 bridgehead atoms. The summed E-state index contributed by atoms with van der Waals surface area (Å²) < 4.78 is 12.6. The number of hydrogen-bond donors (Lipinski definition) is 1. The van der Waals surface area contributed by atoms with Crippen molar-refractivity contribution in [2.24, 2.45) is 0 Å². The highest BCUT2D eigenvalue weighted by molar-refractivity contribution is 5.28. The third kappa shape index (κ3) is 2.45. The van der Waals surface area contributed by atoms with E-state index in [1.807, 2.05) is 0 Å². The molecule has 0 spiro atoms. The van der Waals surface area contributed by atoms with E-state index in [0.717, 1.165) is 18.4 Å². The molecule has 1 aromatic rings. The summed E-state index contributed by atoms with van der Waals surface area (Å²) in [7, 11) is 0. The number of halogens is 1. The molecule has 2 heteroatoms. The second-order valence-corrected chi connectivity index (χ2v) is 4.13. The van der Waals surface area contributed by atoms with E-state index in [-0.39, 0.29) is 17.3 Å². The van der Waals surface area contributed by atoms with E-state index < -0.39 is 0 Å². The highest BCUT2D eigenvalue weighted by Gasteiger charge is 2.40. The van der Waals surface area contributed by atoms with E-state index in [4.69, 9.17) is 0 Å². The van der Waals surface area contributed by atoms with Gasteiger partial charge in [0.05, 0.1) is 6.10 Å². The first-order valence-electron chi connectivity index (χ1n) is 5.04. The van der Waals surface area contributed by atoms with Gasteiger partial charge in [0.15, 0.2) is 0 Å². The molecule has 0 aliphatic heterocycles. The predicted molar refractivity (Wildman–Crippen MR) is 60.2 cm³/mol. The fraction of sp³-hybridized carbons (Fsp3) is 0.385. The molecular weight excluding hydrogens is 191 g/mol. The Morgan fingerprint density at radius 1 is 1.27 bits per heavy atom. The van der Waals surface area contributed by atoms with Gasteiger partial charge in [0.1, 0.15) is 5.82 Å². The normalized spacial score (nSPS) is 28.6. The van der Waals surface area contributed by atoms with Gasteiger partial charge in [0.2, 0.25) is 0 Å². The zero-order valence-corrected chi connectivity index (χ0v) is 9.04. The molecule has 1 aromatic carbocycles. The number of rotatable bonds is 1. The Morgan fingerprint density at radius 2 is 1.73 bits per heavy atom. The molecule has 1 N–H and O–H groups in total. The summed E-state index contributed by atoms with van der Waals surface area (Å²) >= 11 is 0. The van der Waals surface area contributed by atoms with Crippen LogP contribution in [0.25, 0.3) is 0 Å². The molecule has 0 atom stereocenters. The van der Waals surface area contributed by atoms with Crippen LogP contribution in [0.3, 0.4) is 0 Å². The summed E-state index contributed by atoms with van der Waals surface area (Å²) in [6, 6.07) is 6.57. The average Bonchev–Trinajstić information content (AvgIpc) is 2.19. The van der Waals surface area contributed by atoms with E-state index >= 15 is 0 Å². The minimum Gasteiger partial charge on any atom is -0.393 e. The predicted octanol–water partition coefficient (Wildman–Crippen LogP) is 3.04. The number of aliphatic hydroxyl groups excluding tert-OH is 1. The standard InChI is InChI=1S/C11H13FO.C2H4/c1-11(6-10(13)7-11)8-2-4-9(12)5-3-8;1-2/h2-5,10,13H,6-7H2,1H3;1-2H2. The zero-order chi connectivity index (χ0) is 11.5. The first-order chi connectivity index (χ1) is 7.10. The van der Waals surface area contributed by atoms with Crippen molar-refractivity contribution in [3.05, 3.63) is 48.8 Å². The second kappa shape index (κ2) is 4.58. The van der Waals surface area contributed by atoms with Crippen molar-refractivity contribution in [1.82, 2.24) is 0 Å². The van der Waals surface area contributed by atoms with Crippen molar-refractivity contribution < 1.29 is 9.50 Å². The van der Waals surface area contributed by atoms with E-state index in [1.165, 1.54) is 12.1 Å². The molecule has 82 valence electrons. The fourth-order valence-corrected chi connectivity index (χ4v) is 2.07. The third-order valence-electron chi connectivity index (χ3n) is 2.91. The first-order valence-corrected chi connectivity index (χ1v) is 5.04. The lowest BCUT2D eigenvalue weighted by atomic mass is 9.64. The van der Waals surface area contributed by atoms with Crippen molar-refractivity contribution in [1.29, 1.82) is 0 Å². The van der Waals surface area contributed by atoms with Gasteiger partial charge >= 0.3 is 0 Å². The van der Waals surface area contributed by atoms with Gasteiger partial charge in [-0.15, -0.1) is 13.2 Å². The SMILES string of the molecule is C=C.CC1(c2ccc(F)cc2)CC(O)C1.